The molecule has 1 atom stereocenters. The van der Waals surface area contributed by atoms with E-state index >= 15 is 0 Å². The second-order valence-electron chi connectivity index (χ2n) is 2.58. The number of hydrogen-bond acceptors (Lipinski definition) is 4. The molecule has 10 heavy (non-hydrogen) atoms. The molecular weight excluding hydrogens is 128 g/mol. The standard InChI is InChI=1S/C6H11N4/c1-2-9-6(8-1)5-3-7-4-10-5/h5-6,8-9H,1-3H2,(H,7,10). The molecule has 3 N–H and O–H groups in total. The summed E-state index contributed by atoms with van der Waals surface area (Å²) in [5.41, 5.74) is 0. The largest absolute Gasteiger partial charge is 0.365 e. The minimum absolute atomic E-state index is 0.336. The Morgan fingerprint density at radius 3 is 2.70 bits per heavy atom. The van der Waals surface area contributed by atoms with Crippen molar-refractivity contribution in [3.63, 3.8) is 0 Å². The maximum atomic E-state index is 4.13. The first-order chi connectivity index (χ1) is 4.97. The summed E-state index contributed by atoms with van der Waals surface area (Å²) in [7, 11) is 0. The van der Waals surface area contributed by atoms with Gasteiger partial charge in [-0.1, -0.05) is 0 Å². The predicted molar refractivity (Wildman–Crippen MR) is 39.0 cm³/mol. The van der Waals surface area contributed by atoms with Crippen LogP contribution in [-0.2, 0) is 0 Å². The summed E-state index contributed by atoms with van der Waals surface area (Å²) >= 11 is 0. The van der Waals surface area contributed by atoms with Crippen LogP contribution in [0.25, 0.3) is 0 Å². The molecule has 1 saturated heterocycles. The van der Waals surface area contributed by atoms with Gasteiger partial charge in [0.15, 0.2) is 6.34 Å². The van der Waals surface area contributed by atoms with Crippen LogP contribution < -0.4 is 16.0 Å². The Morgan fingerprint density at radius 1 is 1.30 bits per heavy atom. The first-order valence-corrected chi connectivity index (χ1v) is 3.61. The van der Waals surface area contributed by atoms with Crippen molar-refractivity contribution in [1.29, 1.82) is 0 Å². The third-order valence-corrected chi connectivity index (χ3v) is 1.86. The van der Waals surface area contributed by atoms with E-state index in [1.807, 2.05) is 0 Å². The van der Waals surface area contributed by atoms with E-state index in [0.29, 0.717) is 12.2 Å². The predicted octanol–water partition coefficient (Wildman–Crippen LogP) is -1.62. The van der Waals surface area contributed by atoms with Crippen molar-refractivity contribution in [3.8, 4) is 0 Å². The summed E-state index contributed by atoms with van der Waals surface area (Å²) in [5.74, 6) is 0. The zero-order valence-corrected chi connectivity index (χ0v) is 5.72. The minimum Gasteiger partial charge on any atom is -0.365 e. The topological polar surface area (TPSA) is 48.5 Å². The fourth-order valence-electron chi connectivity index (χ4n) is 1.32. The lowest BCUT2D eigenvalue weighted by Crippen LogP contribution is -2.43. The molecule has 0 spiro atoms. The van der Waals surface area contributed by atoms with Crippen LogP contribution in [0.15, 0.2) is 4.99 Å². The monoisotopic (exact) mass is 139 g/mol. The van der Waals surface area contributed by atoms with Gasteiger partial charge in [0.25, 0.3) is 0 Å². The van der Waals surface area contributed by atoms with Crippen LogP contribution in [0.3, 0.4) is 0 Å². The fraction of sp³-hybridized carbons (Fsp3) is 0.833. The second-order valence-corrected chi connectivity index (χ2v) is 2.58. The molecule has 0 amide bonds. The van der Waals surface area contributed by atoms with Crippen molar-refractivity contribution in [2.24, 2.45) is 4.99 Å². The smallest absolute Gasteiger partial charge is 0.164 e. The second kappa shape index (κ2) is 2.56. The Morgan fingerprint density at radius 2 is 2.10 bits per heavy atom. The van der Waals surface area contributed by atoms with Gasteiger partial charge in [-0.3, -0.25) is 15.6 Å². The molecule has 1 fully saturated rings. The van der Waals surface area contributed by atoms with E-state index in [2.05, 4.69) is 27.3 Å². The summed E-state index contributed by atoms with van der Waals surface area (Å²) in [6.45, 7) is 3.01. The van der Waals surface area contributed by atoms with Crippen molar-refractivity contribution in [3.05, 3.63) is 0 Å². The molecule has 0 saturated carbocycles. The third-order valence-electron chi connectivity index (χ3n) is 1.86. The molecule has 4 heteroatoms. The van der Waals surface area contributed by atoms with Gasteiger partial charge in [-0.05, 0) is 0 Å². The van der Waals surface area contributed by atoms with Crippen LogP contribution in [0.2, 0.25) is 0 Å². The molecule has 2 heterocycles. The highest BCUT2D eigenvalue weighted by molar-refractivity contribution is 5.57. The number of aliphatic imine (C=N–C) groups is 1. The summed E-state index contributed by atoms with van der Waals surface area (Å²) in [5, 5.41) is 9.58. The van der Waals surface area contributed by atoms with Gasteiger partial charge in [0.1, 0.15) is 0 Å². The molecule has 2 aliphatic heterocycles. The highest BCUT2D eigenvalue weighted by Gasteiger charge is 2.24. The average molecular weight is 139 g/mol. The highest BCUT2D eigenvalue weighted by Crippen LogP contribution is 2.00. The van der Waals surface area contributed by atoms with Gasteiger partial charge < -0.3 is 5.32 Å². The average Bonchev–Trinajstić information content (AvgIpc) is 2.59. The van der Waals surface area contributed by atoms with Gasteiger partial charge in [-0.25, -0.2) is 0 Å². The highest BCUT2D eigenvalue weighted by atomic mass is 15.2. The third kappa shape index (κ3) is 0.998. The van der Waals surface area contributed by atoms with Gasteiger partial charge in [0.05, 0.1) is 12.2 Å². The van der Waals surface area contributed by atoms with Crippen molar-refractivity contribution >= 4 is 6.34 Å². The summed E-state index contributed by atoms with van der Waals surface area (Å²) in [6, 6.07) is 0.336. The Kier molecular flexibility index (Phi) is 1.56. The van der Waals surface area contributed by atoms with Gasteiger partial charge in [-0.15, -0.1) is 0 Å². The van der Waals surface area contributed by atoms with Crippen molar-refractivity contribution < 1.29 is 0 Å². The lowest BCUT2D eigenvalue weighted by molar-refractivity contribution is 0.462. The molecule has 1 unspecified atom stereocenters. The number of nitrogens with zero attached hydrogens (tertiary/aromatic N) is 1. The summed E-state index contributed by atoms with van der Waals surface area (Å²) in [6.07, 6.45) is 3.11. The van der Waals surface area contributed by atoms with E-state index in [4.69, 9.17) is 0 Å². The molecule has 1 radical (unpaired) electrons. The molecule has 0 aliphatic carbocycles. The van der Waals surface area contributed by atoms with Crippen LogP contribution in [0, 0.1) is 0 Å². The zero-order chi connectivity index (χ0) is 6.81. The van der Waals surface area contributed by atoms with E-state index in [9.17, 15) is 0 Å². The van der Waals surface area contributed by atoms with Crippen LogP contribution >= 0.6 is 0 Å². The van der Waals surface area contributed by atoms with E-state index in [1.54, 1.807) is 0 Å². The van der Waals surface area contributed by atoms with E-state index in [-0.39, 0.29) is 0 Å². The SMILES string of the molecule is [C]1=NC(C2NCCN2)CN1. The normalized spacial score (nSPS) is 33.0. The molecule has 2 aliphatic rings. The molecule has 55 valence electrons. The quantitative estimate of drug-likeness (QED) is 0.409. The van der Waals surface area contributed by atoms with E-state index < -0.39 is 0 Å². The molecule has 0 aromatic rings. The molecule has 0 aromatic heterocycles. The Hall–Kier alpha value is -0.610. The Balaban J connectivity index is 1.91. The lowest BCUT2D eigenvalue weighted by atomic mass is 10.2. The van der Waals surface area contributed by atoms with Crippen LogP contribution in [-0.4, -0.2) is 38.2 Å². The number of nitrogens with one attached hydrogen (secondary N) is 3. The lowest BCUT2D eigenvalue weighted by Gasteiger charge is -2.14. The zero-order valence-electron chi connectivity index (χ0n) is 5.72. The Bertz CT molecular complexity index is 139. The van der Waals surface area contributed by atoms with E-state index in [0.717, 1.165) is 19.6 Å². The van der Waals surface area contributed by atoms with Gasteiger partial charge >= 0.3 is 0 Å². The minimum atomic E-state index is 0.336. The Labute approximate surface area is 60.1 Å². The maximum Gasteiger partial charge on any atom is 0.164 e. The fourth-order valence-corrected chi connectivity index (χ4v) is 1.32. The van der Waals surface area contributed by atoms with Gasteiger partial charge in [0, 0.05) is 19.6 Å². The van der Waals surface area contributed by atoms with Crippen LogP contribution in [0.1, 0.15) is 0 Å². The maximum absolute atomic E-state index is 4.13. The first kappa shape index (κ1) is 6.12. The van der Waals surface area contributed by atoms with Gasteiger partial charge in [-0.2, -0.15) is 0 Å². The molecular formula is C6H11N4. The first-order valence-electron chi connectivity index (χ1n) is 3.61. The number of hydrogen-bond donors (Lipinski definition) is 3. The van der Waals surface area contributed by atoms with Crippen LogP contribution in [0.5, 0.6) is 0 Å². The van der Waals surface area contributed by atoms with Crippen molar-refractivity contribution in [1.82, 2.24) is 16.0 Å². The molecule has 4 nitrogen and oxygen atoms in total. The molecule has 0 aromatic carbocycles. The van der Waals surface area contributed by atoms with Crippen molar-refractivity contribution in [2.75, 3.05) is 19.6 Å². The van der Waals surface area contributed by atoms with Crippen molar-refractivity contribution in [2.45, 2.75) is 12.2 Å². The van der Waals surface area contributed by atoms with Crippen LogP contribution in [0.4, 0.5) is 0 Å². The number of rotatable bonds is 1. The van der Waals surface area contributed by atoms with E-state index in [1.165, 1.54) is 0 Å². The van der Waals surface area contributed by atoms with Gasteiger partial charge in [0.2, 0.25) is 0 Å². The summed E-state index contributed by atoms with van der Waals surface area (Å²) in [4.78, 5) is 4.13. The molecule has 2 rings (SSSR count). The summed E-state index contributed by atoms with van der Waals surface area (Å²) < 4.78 is 0. The molecule has 0 bridgehead atoms.